The summed E-state index contributed by atoms with van der Waals surface area (Å²) in [6, 6.07) is 12.8. The topological polar surface area (TPSA) is 110 Å². The van der Waals surface area contributed by atoms with Crippen LogP contribution in [0.2, 0.25) is 0 Å². The van der Waals surface area contributed by atoms with Gasteiger partial charge < -0.3 is 5.32 Å². The van der Waals surface area contributed by atoms with E-state index < -0.39 is 20.9 Å². The number of sulfonamides is 1. The van der Waals surface area contributed by atoms with Gasteiger partial charge in [0.15, 0.2) is 0 Å². The highest BCUT2D eigenvalue weighted by atomic mass is 32.2. The van der Waals surface area contributed by atoms with E-state index in [1.54, 1.807) is 35.7 Å². The number of nitro groups is 1. The zero-order valence-electron chi connectivity index (χ0n) is 16.6. The molecule has 160 valence electrons. The van der Waals surface area contributed by atoms with Crippen LogP contribution in [0.5, 0.6) is 0 Å². The van der Waals surface area contributed by atoms with E-state index in [9.17, 15) is 23.3 Å². The lowest BCUT2D eigenvalue weighted by atomic mass is 10.0. The number of nitrogens with zero attached hydrogens (tertiary/aromatic N) is 2. The molecule has 0 saturated carbocycles. The number of aryl methyl sites for hydroxylation is 1. The maximum atomic E-state index is 13.1. The van der Waals surface area contributed by atoms with Crippen molar-refractivity contribution in [2.24, 2.45) is 0 Å². The number of fused-ring (bicyclic) bond motifs is 1. The Balaban J connectivity index is 1.66. The summed E-state index contributed by atoms with van der Waals surface area (Å²) in [6.45, 7) is 1.88. The van der Waals surface area contributed by atoms with Crippen LogP contribution in [-0.4, -0.2) is 25.8 Å². The van der Waals surface area contributed by atoms with Crippen LogP contribution in [0.4, 0.5) is 17.1 Å². The minimum absolute atomic E-state index is 0.133. The molecule has 31 heavy (non-hydrogen) atoms. The Hall–Kier alpha value is -3.24. The zero-order chi connectivity index (χ0) is 22.2. The zero-order valence-corrected chi connectivity index (χ0v) is 18.2. The van der Waals surface area contributed by atoms with Crippen LogP contribution in [0.25, 0.3) is 0 Å². The first kappa shape index (κ1) is 21.0. The van der Waals surface area contributed by atoms with Gasteiger partial charge in [-0.05, 0) is 55.0 Å². The van der Waals surface area contributed by atoms with Crippen molar-refractivity contribution < 1.29 is 18.1 Å². The summed E-state index contributed by atoms with van der Waals surface area (Å²) in [4.78, 5) is 23.4. The van der Waals surface area contributed by atoms with Gasteiger partial charge in [0, 0.05) is 29.4 Å². The number of nitrogens with one attached hydrogen (secondary N) is 1. The van der Waals surface area contributed by atoms with Gasteiger partial charge in [-0.25, -0.2) is 8.42 Å². The predicted octanol–water partition coefficient (Wildman–Crippen LogP) is 4.36. The van der Waals surface area contributed by atoms with Crippen molar-refractivity contribution in [3.8, 4) is 0 Å². The highest BCUT2D eigenvalue weighted by molar-refractivity contribution is 7.94. The lowest BCUT2D eigenvalue weighted by molar-refractivity contribution is -0.385. The molecule has 1 N–H and O–H groups in total. The van der Waals surface area contributed by atoms with Crippen molar-refractivity contribution in [3.63, 3.8) is 0 Å². The number of anilines is 2. The molecule has 0 saturated heterocycles. The summed E-state index contributed by atoms with van der Waals surface area (Å²) in [7, 11) is -3.69. The average molecular weight is 458 g/mol. The lowest BCUT2D eigenvalue weighted by Gasteiger charge is -2.30. The molecule has 0 unspecified atom stereocenters. The number of thiophene rings is 1. The van der Waals surface area contributed by atoms with E-state index in [0.29, 0.717) is 24.3 Å². The summed E-state index contributed by atoms with van der Waals surface area (Å²) in [5, 5.41) is 15.6. The van der Waals surface area contributed by atoms with Crippen LogP contribution in [0.15, 0.2) is 58.1 Å². The number of hydrogen-bond acceptors (Lipinski definition) is 6. The van der Waals surface area contributed by atoms with Gasteiger partial charge in [0.25, 0.3) is 21.6 Å². The molecule has 1 aliphatic rings. The van der Waals surface area contributed by atoms with E-state index >= 15 is 0 Å². The smallest absolute Gasteiger partial charge is 0.273 e. The monoisotopic (exact) mass is 457 g/mol. The van der Waals surface area contributed by atoms with Gasteiger partial charge in [0.2, 0.25) is 0 Å². The van der Waals surface area contributed by atoms with Crippen molar-refractivity contribution >= 4 is 44.3 Å². The SMILES string of the molecule is Cc1c(C(=O)Nc2ccc3c(c2)N(S(=O)(=O)c2cccs2)CCC3)cccc1[N+](=O)[O-]. The van der Waals surface area contributed by atoms with Crippen molar-refractivity contribution in [1.82, 2.24) is 0 Å². The molecule has 0 aliphatic carbocycles. The van der Waals surface area contributed by atoms with E-state index in [2.05, 4.69) is 5.32 Å². The predicted molar refractivity (Wildman–Crippen MR) is 119 cm³/mol. The maximum absolute atomic E-state index is 13.1. The molecule has 1 aliphatic heterocycles. The van der Waals surface area contributed by atoms with Gasteiger partial charge in [-0.1, -0.05) is 18.2 Å². The fourth-order valence-electron chi connectivity index (χ4n) is 3.65. The number of carbonyl (C=O) groups is 1. The van der Waals surface area contributed by atoms with Gasteiger partial charge in [-0.2, -0.15) is 0 Å². The summed E-state index contributed by atoms with van der Waals surface area (Å²) >= 11 is 1.16. The fourth-order valence-corrected chi connectivity index (χ4v) is 6.29. The van der Waals surface area contributed by atoms with Gasteiger partial charge in [0.05, 0.1) is 10.6 Å². The van der Waals surface area contributed by atoms with E-state index in [1.165, 1.54) is 29.4 Å². The van der Waals surface area contributed by atoms with E-state index in [4.69, 9.17) is 0 Å². The lowest BCUT2D eigenvalue weighted by Crippen LogP contribution is -2.35. The fraction of sp³-hybridized carbons (Fsp3) is 0.190. The molecule has 2 heterocycles. The third kappa shape index (κ3) is 3.91. The van der Waals surface area contributed by atoms with Gasteiger partial charge in [0.1, 0.15) is 4.21 Å². The Kier molecular flexibility index (Phi) is 5.50. The number of hydrogen-bond donors (Lipinski definition) is 1. The van der Waals surface area contributed by atoms with Crippen molar-refractivity contribution in [2.75, 3.05) is 16.2 Å². The van der Waals surface area contributed by atoms with Crippen molar-refractivity contribution in [3.05, 3.63) is 80.7 Å². The third-order valence-corrected chi connectivity index (χ3v) is 8.39. The largest absolute Gasteiger partial charge is 0.322 e. The van der Waals surface area contributed by atoms with Gasteiger partial charge >= 0.3 is 0 Å². The molecule has 3 aromatic rings. The molecule has 0 fully saturated rings. The van der Waals surface area contributed by atoms with Crippen LogP contribution < -0.4 is 9.62 Å². The Labute approximate surface area is 183 Å². The molecule has 0 bridgehead atoms. The first-order valence-electron chi connectivity index (χ1n) is 9.53. The molecular formula is C21H19N3O5S2. The Bertz CT molecular complexity index is 1270. The van der Waals surface area contributed by atoms with E-state index in [0.717, 1.165) is 23.3 Å². The molecular weight excluding hydrogens is 438 g/mol. The summed E-state index contributed by atoms with van der Waals surface area (Å²) in [5.74, 6) is -0.496. The van der Waals surface area contributed by atoms with Crippen molar-refractivity contribution in [2.45, 2.75) is 24.0 Å². The highest BCUT2D eigenvalue weighted by Crippen LogP contribution is 2.35. The molecule has 0 radical (unpaired) electrons. The normalized spacial score (nSPS) is 13.5. The second-order valence-corrected chi connectivity index (χ2v) is 10.2. The van der Waals surface area contributed by atoms with E-state index in [-0.39, 0.29) is 21.0 Å². The first-order chi connectivity index (χ1) is 14.8. The Morgan fingerprint density at radius 2 is 2.00 bits per heavy atom. The van der Waals surface area contributed by atoms with Crippen LogP contribution in [0.3, 0.4) is 0 Å². The summed E-state index contributed by atoms with van der Waals surface area (Å²) in [5.41, 5.74) is 2.17. The highest BCUT2D eigenvalue weighted by Gasteiger charge is 2.30. The quantitative estimate of drug-likeness (QED) is 0.452. The number of amides is 1. The van der Waals surface area contributed by atoms with Crippen LogP contribution in [0.1, 0.15) is 27.9 Å². The molecule has 0 spiro atoms. The number of rotatable bonds is 5. The number of benzene rings is 2. The van der Waals surface area contributed by atoms with Crippen molar-refractivity contribution in [1.29, 1.82) is 0 Å². The number of nitro benzene ring substituents is 1. The number of carbonyl (C=O) groups excluding carboxylic acids is 1. The van der Waals surface area contributed by atoms with Gasteiger partial charge in [-0.15, -0.1) is 11.3 Å². The molecule has 2 aromatic carbocycles. The average Bonchev–Trinajstić information content (AvgIpc) is 3.29. The van der Waals surface area contributed by atoms with Gasteiger partial charge in [-0.3, -0.25) is 19.2 Å². The molecule has 1 amide bonds. The molecule has 0 atom stereocenters. The minimum atomic E-state index is -3.69. The molecule has 10 heteroatoms. The Morgan fingerprint density at radius 1 is 1.19 bits per heavy atom. The third-order valence-electron chi connectivity index (χ3n) is 5.21. The summed E-state index contributed by atoms with van der Waals surface area (Å²) < 4.78 is 27.8. The molecule has 4 rings (SSSR count). The van der Waals surface area contributed by atoms with Crippen LogP contribution in [0, 0.1) is 17.0 Å². The minimum Gasteiger partial charge on any atom is -0.322 e. The standard InChI is InChI=1S/C21H19N3O5S2/c1-14-17(6-2-7-18(14)24(26)27)21(25)22-16-10-9-15-5-3-11-23(19(15)13-16)31(28,29)20-8-4-12-30-20/h2,4,6-10,12-13H,3,5,11H2,1H3,(H,22,25). The summed E-state index contributed by atoms with van der Waals surface area (Å²) in [6.07, 6.45) is 1.44. The molecule has 1 aromatic heterocycles. The Morgan fingerprint density at radius 3 is 2.71 bits per heavy atom. The molecule has 8 nitrogen and oxygen atoms in total. The van der Waals surface area contributed by atoms with Crippen LogP contribution in [-0.2, 0) is 16.4 Å². The van der Waals surface area contributed by atoms with Crippen LogP contribution >= 0.6 is 11.3 Å². The van der Waals surface area contributed by atoms with E-state index in [1.807, 2.05) is 0 Å². The first-order valence-corrected chi connectivity index (χ1v) is 11.9. The second-order valence-electron chi connectivity index (χ2n) is 7.12. The maximum Gasteiger partial charge on any atom is 0.273 e. The second kappa shape index (κ2) is 8.12.